The molecule has 0 fully saturated rings. The monoisotopic (exact) mass is 221 g/mol. The Morgan fingerprint density at radius 1 is 1.44 bits per heavy atom. The van der Waals surface area contributed by atoms with E-state index in [9.17, 15) is 4.79 Å². The lowest BCUT2D eigenvalue weighted by Crippen LogP contribution is -2.36. The highest BCUT2D eigenvalue weighted by Gasteiger charge is 2.23. The van der Waals surface area contributed by atoms with Gasteiger partial charge in [0.05, 0.1) is 0 Å². The number of carbonyl (C=O) groups is 1. The van der Waals surface area contributed by atoms with E-state index in [1.807, 2.05) is 32.9 Å². The van der Waals surface area contributed by atoms with E-state index in [4.69, 9.17) is 10.5 Å². The first-order chi connectivity index (χ1) is 7.66. The molecule has 0 bridgehead atoms. The van der Waals surface area contributed by atoms with Crippen LogP contribution in [0.2, 0.25) is 0 Å². The number of benzene rings is 1. The lowest BCUT2D eigenvalue weighted by Gasteiger charge is -2.23. The summed E-state index contributed by atoms with van der Waals surface area (Å²) in [5.74, 6) is 0.418. The van der Waals surface area contributed by atoms with Crippen LogP contribution in [0.3, 0.4) is 0 Å². The minimum atomic E-state index is -0.454. The Hall–Kier alpha value is -1.51. The van der Waals surface area contributed by atoms with Gasteiger partial charge >= 0.3 is 0 Å². The molecule has 0 saturated carbocycles. The second-order valence-corrected chi connectivity index (χ2v) is 3.66. The Kier molecular flexibility index (Phi) is 4.35. The molecule has 1 aliphatic heterocycles. The molecule has 1 aromatic rings. The highest BCUT2D eigenvalue weighted by molar-refractivity contribution is 5.79. The maximum atomic E-state index is 10.9. The fraction of sp³-hybridized carbons (Fsp3) is 0.462. The van der Waals surface area contributed by atoms with Crippen molar-refractivity contribution in [3.8, 4) is 5.75 Å². The molecule has 2 rings (SSSR count). The molecule has 16 heavy (non-hydrogen) atoms. The van der Waals surface area contributed by atoms with Crippen molar-refractivity contribution in [2.45, 2.75) is 39.7 Å². The minimum Gasteiger partial charge on any atom is -0.480 e. The van der Waals surface area contributed by atoms with Crippen molar-refractivity contribution < 1.29 is 9.53 Å². The molecular weight excluding hydrogens is 202 g/mol. The number of ether oxygens (including phenoxy) is 1. The molecule has 0 aliphatic carbocycles. The van der Waals surface area contributed by atoms with Gasteiger partial charge in [-0.1, -0.05) is 31.5 Å². The lowest BCUT2D eigenvalue weighted by molar-refractivity contribution is -0.125. The van der Waals surface area contributed by atoms with E-state index < -0.39 is 6.10 Å². The van der Waals surface area contributed by atoms with Crippen LogP contribution < -0.4 is 10.5 Å². The molecule has 1 aromatic carbocycles. The predicted octanol–water partition coefficient (Wildman–Crippen LogP) is 2.20. The van der Waals surface area contributed by atoms with E-state index in [0.29, 0.717) is 6.42 Å². The van der Waals surface area contributed by atoms with Crippen molar-refractivity contribution in [1.82, 2.24) is 0 Å². The summed E-state index contributed by atoms with van der Waals surface area (Å²) in [4.78, 5) is 10.9. The zero-order valence-electron chi connectivity index (χ0n) is 10.1. The second-order valence-electron chi connectivity index (χ2n) is 3.66. The van der Waals surface area contributed by atoms with Gasteiger partial charge in [-0.2, -0.15) is 0 Å². The van der Waals surface area contributed by atoms with Crippen LogP contribution in [0.4, 0.5) is 0 Å². The summed E-state index contributed by atoms with van der Waals surface area (Å²) in [6.45, 7) is 6.04. The van der Waals surface area contributed by atoms with Gasteiger partial charge in [-0.3, -0.25) is 4.79 Å². The van der Waals surface area contributed by atoms with Crippen molar-refractivity contribution in [3.05, 3.63) is 29.3 Å². The average molecular weight is 221 g/mol. The first kappa shape index (κ1) is 12.6. The van der Waals surface area contributed by atoms with Gasteiger partial charge in [-0.15, -0.1) is 0 Å². The molecule has 1 heterocycles. The van der Waals surface area contributed by atoms with Gasteiger partial charge in [-0.25, -0.2) is 0 Å². The first-order valence-electron chi connectivity index (χ1n) is 5.72. The second kappa shape index (κ2) is 5.54. The number of hydrogen-bond donors (Lipinski definition) is 1. The highest BCUT2D eigenvalue weighted by Crippen LogP contribution is 2.28. The number of hydrogen-bond acceptors (Lipinski definition) is 2. The maximum absolute atomic E-state index is 10.9. The van der Waals surface area contributed by atoms with E-state index in [1.165, 1.54) is 11.1 Å². The van der Waals surface area contributed by atoms with Crippen molar-refractivity contribution >= 4 is 5.91 Å². The van der Waals surface area contributed by atoms with E-state index in [1.54, 1.807) is 0 Å². The van der Waals surface area contributed by atoms with E-state index in [2.05, 4.69) is 6.07 Å². The molecule has 1 amide bonds. The Labute approximate surface area is 96.6 Å². The zero-order valence-corrected chi connectivity index (χ0v) is 10.1. The third-order valence-corrected chi connectivity index (χ3v) is 2.48. The summed E-state index contributed by atoms with van der Waals surface area (Å²) in [5.41, 5.74) is 7.57. The van der Waals surface area contributed by atoms with Gasteiger partial charge in [0.15, 0.2) is 6.10 Å². The number of nitrogens with two attached hydrogens (primary N) is 1. The molecule has 3 heteroatoms. The van der Waals surface area contributed by atoms with Crippen LogP contribution >= 0.6 is 0 Å². The summed E-state index contributed by atoms with van der Waals surface area (Å²) < 4.78 is 5.47. The van der Waals surface area contributed by atoms with Crippen LogP contribution in [0, 0.1) is 6.92 Å². The van der Waals surface area contributed by atoms with Crippen LogP contribution in [0.25, 0.3) is 0 Å². The van der Waals surface area contributed by atoms with Crippen molar-refractivity contribution in [2.75, 3.05) is 0 Å². The van der Waals surface area contributed by atoms with Gasteiger partial charge in [-0.05, 0) is 31.4 Å². The Morgan fingerprint density at radius 3 is 2.75 bits per heavy atom. The van der Waals surface area contributed by atoms with E-state index in [0.717, 1.165) is 12.2 Å². The number of carbonyl (C=O) groups excluding carboxylic acids is 1. The molecule has 0 saturated heterocycles. The standard InChI is InChI=1S/C11H13NO2.C2H6/c1-7-2-4-9-8(6-7)3-5-10(14-9)11(12)13;1-2/h2,4,6,10H,3,5H2,1H3,(H2,12,13);1-2H3. The number of amides is 1. The summed E-state index contributed by atoms with van der Waals surface area (Å²) >= 11 is 0. The molecule has 88 valence electrons. The van der Waals surface area contributed by atoms with E-state index >= 15 is 0 Å². The third-order valence-electron chi connectivity index (χ3n) is 2.48. The van der Waals surface area contributed by atoms with Gasteiger partial charge in [0.1, 0.15) is 5.75 Å². The van der Waals surface area contributed by atoms with Crippen molar-refractivity contribution in [2.24, 2.45) is 5.73 Å². The summed E-state index contributed by atoms with van der Waals surface area (Å²) in [6.07, 6.45) is 1.10. The molecule has 0 aromatic heterocycles. The van der Waals surface area contributed by atoms with Crippen LogP contribution in [0.15, 0.2) is 18.2 Å². The molecule has 1 atom stereocenters. The van der Waals surface area contributed by atoms with Crippen LogP contribution in [0.1, 0.15) is 31.4 Å². The lowest BCUT2D eigenvalue weighted by atomic mass is 10.0. The largest absolute Gasteiger partial charge is 0.480 e. The fourth-order valence-corrected chi connectivity index (χ4v) is 1.72. The fourth-order valence-electron chi connectivity index (χ4n) is 1.72. The van der Waals surface area contributed by atoms with Gasteiger partial charge in [0.25, 0.3) is 5.91 Å². The van der Waals surface area contributed by atoms with E-state index in [-0.39, 0.29) is 5.91 Å². The molecule has 2 N–H and O–H groups in total. The molecular formula is C13H19NO2. The van der Waals surface area contributed by atoms with Crippen molar-refractivity contribution in [3.63, 3.8) is 0 Å². The summed E-state index contributed by atoms with van der Waals surface area (Å²) in [7, 11) is 0. The minimum absolute atomic E-state index is 0.378. The van der Waals surface area contributed by atoms with Crippen LogP contribution in [-0.4, -0.2) is 12.0 Å². The highest BCUT2D eigenvalue weighted by atomic mass is 16.5. The molecule has 0 spiro atoms. The molecule has 0 radical (unpaired) electrons. The Morgan fingerprint density at radius 2 is 2.12 bits per heavy atom. The van der Waals surface area contributed by atoms with Crippen LogP contribution in [0.5, 0.6) is 5.75 Å². The summed E-state index contributed by atoms with van der Waals surface area (Å²) in [6, 6.07) is 5.97. The predicted molar refractivity (Wildman–Crippen MR) is 64.5 cm³/mol. The quantitative estimate of drug-likeness (QED) is 0.790. The number of rotatable bonds is 1. The SMILES string of the molecule is CC.Cc1ccc2c(c1)CCC(C(N)=O)O2. The van der Waals surface area contributed by atoms with Gasteiger partial charge < -0.3 is 10.5 Å². The normalized spacial score (nSPS) is 17.6. The van der Waals surface area contributed by atoms with Crippen LogP contribution in [-0.2, 0) is 11.2 Å². The molecule has 1 unspecified atom stereocenters. The van der Waals surface area contributed by atoms with Gasteiger partial charge in [0.2, 0.25) is 0 Å². The Bertz CT molecular complexity index is 374. The smallest absolute Gasteiger partial charge is 0.258 e. The molecule has 3 nitrogen and oxygen atoms in total. The third kappa shape index (κ3) is 2.75. The summed E-state index contributed by atoms with van der Waals surface area (Å²) in [5, 5.41) is 0. The maximum Gasteiger partial charge on any atom is 0.258 e. The number of primary amides is 1. The van der Waals surface area contributed by atoms with Gasteiger partial charge in [0, 0.05) is 0 Å². The number of fused-ring (bicyclic) bond motifs is 1. The Balaban J connectivity index is 0.000000606. The zero-order chi connectivity index (χ0) is 12.1. The molecule has 1 aliphatic rings. The van der Waals surface area contributed by atoms with Crippen molar-refractivity contribution in [1.29, 1.82) is 0 Å². The average Bonchev–Trinajstić information content (AvgIpc) is 2.30. The first-order valence-corrected chi connectivity index (χ1v) is 5.72. The topological polar surface area (TPSA) is 52.3 Å². The number of aryl methyl sites for hydroxylation is 2.